The molecule has 0 aliphatic heterocycles. The summed E-state index contributed by atoms with van der Waals surface area (Å²) in [6, 6.07) is 1.24. The number of aromatic nitrogens is 1. The van der Waals surface area contributed by atoms with Gasteiger partial charge in [0.1, 0.15) is 5.82 Å². The predicted octanol–water partition coefficient (Wildman–Crippen LogP) is 2.39. The number of aliphatic carboxylic acids is 1. The number of fused-ring (bicyclic) bond motifs is 1. The van der Waals surface area contributed by atoms with E-state index in [1.165, 1.54) is 6.07 Å². The van der Waals surface area contributed by atoms with Crippen molar-refractivity contribution in [3.05, 3.63) is 34.5 Å². The van der Waals surface area contributed by atoms with Crippen molar-refractivity contribution in [1.29, 1.82) is 0 Å². The van der Waals surface area contributed by atoms with Gasteiger partial charge in [0.25, 0.3) is 0 Å². The van der Waals surface area contributed by atoms with Gasteiger partial charge < -0.3 is 10.8 Å². The highest BCUT2D eigenvalue weighted by Crippen LogP contribution is 2.46. The molecular weight excluding hydrogens is 247 g/mol. The van der Waals surface area contributed by atoms with Crippen LogP contribution in [0.15, 0.2) is 11.8 Å². The molecule has 2 rings (SSSR count). The van der Waals surface area contributed by atoms with Crippen LogP contribution in [0.1, 0.15) is 50.1 Å². The minimum atomic E-state index is -1.01. The van der Waals surface area contributed by atoms with E-state index in [9.17, 15) is 14.3 Å². The highest BCUT2D eigenvalue weighted by Gasteiger charge is 2.43. The van der Waals surface area contributed by atoms with Crippen molar-refractivity contribution in [1.82, 2.24) is 4.98 Å². The van der Waals surface area contributed by atoms with E-state index in [1.807, 2.05) is 13.8 Å². The molecule has 0 saturated heterocycles. The fourth-order valence-corrected chi connectivity index (χ4v) is 2.62. The lowest BCUT2D eigenvalue weighted by Gasteiger charge is -2.17. The number of carboxylic acids is 1. The summed E-state index contributed by atoms with van der Waals surface area (Å²) in [5.41, 5.74) is 6.80. The number of carbonyl (C=O) groups is 1. The lowest BCUT2D eigenvalue weighted by Crippen LogP contribution is -2.16. The Bertz CT molecular complexity index is 575. The number of nitrogens with zero attached hydrogens (tertiary/aromatic N) is 1. The van der Waals surface area contributed by atoms with E-state index in [1.54, 1.807) is 13.0 Å². The summed E-state index contributed by atoms with van der Waals surface area (Å²) in [5.74, 6) is -2.35. The van der Waals surface area contributed by atoms with E-state index in [0.717, 1.165) is 0 Å². The van der Waals surface area contributed by atoms with Crippen molar-refractivity contribution >= 4 is 12.0 Å². The maximum absolute atomic E-state index is 14.2. The molecule has 102 valence electrons. The Labute approximate surface area is 111 Å². The Hall–Kier alpha value is -1.91. The van der Waals surface area contributed by atoms with Gasteiger partial charge in [0.2, 0.25) is 0 Å². The molecule has 0 amide bonds. The van der Waals surface area contributed by atoms with Crippen LogP contribution in [-0.2, 0) is 10.2 Å². The van der Waals surface area contributed by atoms with Crippen LogP contribution < -0.4 is 5.73 Å². The molecule has 1 heterocycles. The molecule has 19 heavy (non-hydrogen) atoms. The number of carboxylic acid groups (broad SMARTS) is 1. The van der Waals surface area contributed by atoms with Gasteiger partial charge in [-0.05, 0) is 25.5 Å². The zero-order valence-corrected chi connectivity index (χ0v) is 11.2. The second kappa shape index (κ2) is 4.33. The second-order valence-electron chi connectivity index (χ2n) is 5.66. The molecular formula is C14H17FN2O2. The van der Waals surface area contributed by atoms with Crippen LogP contribution in [0.2, 0.25) is 0 Å². The standard InChI is InChI=1S/C14H17FN2O2/c1-7(16)4-8-5-10(15)11-9(13(18)19)6-14(2,3)12(11)17-8/h4-5,9H,6,16H2,1-3H3,(H,18,19)/b7-4-. The van der Waals surface area contributed by atoms with Crippen LogP contribution in [0.3, 0.4) is 0 Å². The molecule has 4 nitrogen and oxygen atoms in total. The first-order valence-corrected chi connectivity index (χ1v) is 6.10. The number of halogens is 1. The zero-order chi connectivity index (χ0) is 14.4. The molecule has 1 aromatic rings. The van der Waals surface area contributed by atoms with Crippen LogP contribution in [-0.4, -0.2) is 16.1 Å². The molecule has 0 saturated carbocycles. The van der Waals surface area contributed by atoms with E-state index in [-0.39, 0.29) is 5.56 Å². The summed E-state index contributed by atoms with van der Waals surface area (Å²) in [7, 11) is 0. The van der Waals surface area contributed by atoms with E-state index >= 15 is 0 Å². The third-order valence-corrected chi connectivity index (χ3v) is 3.41. The highest BCUT2D eigenvalue weighted by atomic mass is 19.1. The Morgan fingerprint density at radius 3 is 2.79 bits per heavy atom. The van der Waals surface area contributed by atoms with Crippen molar-refractivity contribution in [3.63, 3.8) is 0 Å². The third kappa shape index (κ3) is 2.32. The Kier molecular flexibility index (Phi) is 3.08. The molecule has 5 heteroatoms. The topological polar surface area (TPSA) is 76.2 Å². The van der Waals surface area contributed by atoms with Crippen molar-refractivity contribution in [2.45, 2.75) is 38.5 Å². The molecule has 1 unspecified atom stereocenters. The van der Waals surface area contributed by atoms with E-state index in [4.69, 9.17) is 5.73 Å². The summed E-state index contributed by atoms with van der Waals surface area (Å²) in [5, 5.41) is 9.21. The van der Waals surface area contributed by atoms with Gasteiger partial charge in [0.15, 0.2) is 0 Å². The van der Waals surface area contributed by atoms with Gasteiger partial charge in [0.05, 0.1) is 17.3 Å². The van der Waals surface area contributed by atoms with E-state index in [2.05, 4.69) is 4.98 Å². The van der Waals surface area contributed by atoms with Gasteiger partial charge >= 0.3 is 5.97 Å². The van der Waals surface area contributed by atoms with Gasteiger partial charge in [-0.3, -0.25) is 9.78 Å². The van der Waals surface area contributed by atoms with Gasteiger partial charge in [0, 0.05) is 16.7 Å². The largest absolute Gasteiger partial charge is 0.481 e. The molecule has 1 aliphatic rings. The molecule has 0 aromatic carbocycles. The maximum Gasteiger partial charge on any atom is 0.311 e. The molecule has 0 spiro atoms. The number of hydrogen-bond acceptors (Lipinski definition) is 3. The molecule has 0 radical (unpaired) electrons. The molecule has 0 bridgehead atoms. The first kappa shape index (κ1) is 13.5. The first-order chi connectivity index (χ1) is 8.72. The average molecular weight is 264 g/mol. The van der Waals surface area contributed by atoms with Crippen LogP contribution >= 0.6 is 0 Å². The minimum Gasteiger partial charge on any atom is -0.481 e. The second-order valence-corrected chi connectivity index (χ2v) is 5.66. The predicted molar refractivity (Wildman–Crippen MR) is 70.1 cm³/mol. The molecule has 3 N–H and O–H groups in total. The molecule has 1 aromatic heterocycles. The number of rotatable bonds is 2. The third-order valence-electron chi connectivity index (χ3n) is 3.41. The van der Waals surface area contributed by atoms with Gasteiger partial charge in [-0.2, -0.15) is 0 Å². The van der Waals surface area contributed by atoms with Gasteiger partial charge in [-0.1, -0.05) is 13.8 Å². The minimum absolute atomic E-state index is 0.212. The quantitative estimate of drug-likeness (QED) is 0.860. The summed E-state index contributed by atoms with van der Waals surface area (Å²) in [6.45, 7) is 5.45. The fourth-order valence-electron chi connectivity index (χ4n) is 2.62. The van der Waals surface area contributed by atoms with Gasteiger partial charge in [-0.25, -0.2) is 4.39 Å². The van der Waals surface area contributed by atoms with Crippen LogP contribution in [0.5, 0.6) is 0 Å². The highest BCUT2D eigenvalue weighted by molar-refractivity contribution is 5.78. The lowest BCUT2D eigenvalue weighted by atomic mass is 9.89. The summed E-state index contributed by atoms with van der Waals surface area (Å²) in [6.07, 6.45) is 1.93. The van der Waals surface area contributed by atoms with E-state index < -0.39 is 23.1 Å². The summed E-state index contributed by atoms with van der Waals surface area (Å²) < 4.78 is 14.2. The Balaban J connectivity index is 2.64. The van der Waals surface area contributed by atoms with Crippen molar-refractivity contribution in [2.75, 3.05) is 0 Å². The Morgan fingerprint density at radius 1 is 1.63 bits per heavy atom. The normalized spacial score (nSPS) is 21.3. The maximum atomic E-state index is 14.2. The van der Waals surface area contributed by atoms with Crippen molar-refractivity contribution < 1.29 is 14.3 Å². The number of hydrogen-bond donors (Lipinski definition) is 2. The summed E-state index contributed by atoms with van der Waals surface area (Å²) >= 11 is 0. The zero-order valence-electron chi connectivity index (χ0n) is 11.2. The van der Waals surface area contributed by atoms with Gasteiger partial charge in [-0.15, -0.1) is 0 Å². The van der Waals surface area contributed by atoms with Crippen LogP contribution in [0.4, 0.5) is 4.39 Å². The monoisotopic (exact) mass is 264 g/mol. The number of nitrogens with two attached hydrogens (primary N) is 1. The molecule has 1 atom stereocenters. The average Bonchev–Trinajstić information content (AvgIpc) is 2.50. The smallest absolute Gasteiger partial charge is 0.311 e. The van der Waals surface area contributed by atoms with Crippen molar-refractivity contribution in [2.24, 2.45) is 5.73 Å². The van der Waals surface area contributed by atoms with Crippen LogP contribution in [0.25, 0.3) is 6.08 Å². The Morgan fingerprint density at radius 2 is 2.26 bits per heavy atom. The molecule has 0 fully saturated rings. The first-order valence-electron chi connectivity index (χ1n) is 6.10. The molecule has 1 aliphatic carbocycles. The van der Waals surface area contributed by atoms with E-state index in [0.29, 0.717) is 23.5 Å². The number of pyridine rings is 1. The SMILES string of the molecule is C/C(N)=C/c1cc(F)c2c(n1)C(C)(C)CC2C(=O)O. The lowest BCUT2D eigenvalue weighted by molar-refractivity contribution is -0.139. The van der Waals surface area contributed by atoms with Crippen LogP contribution in [0, 0.1) is 5.82 Å². The summed E-state index contributed by atoms with van der Waals surface area (Å²) in [4.78, 5) is 15.6. The fraction of sp³-hybridized carbons (Fsp3) is 0.429. The van der Waals surface area contributed by atoms with Crippen molar-refractivity contribution in [3.8, 4) is 0 Å². The number of allylic oxidation sites excluding steroid dienone is 1.